The highest BCUT2D eigenvalue weighted by atomic mass is 14.6. The van der Waals surface area contributed by atoms with Crippen LogP contribution in [0.1, 0.15) is 1.37 Å². The van der Waals surface area contributed by atoms with Crippen molar-refractivity contribution in [1.82, 2.24) is 4.98 Å². The number of aromatic amines is 1. The van der Waals surface area contributed by atoms with E-state index < -0.39 is 0 Å². The third kappa shape index (κ3) is 0.617. The summed E-state index contributed by atoms with van der Waals surface area (Å²) >= 11 is 0. The van der Waals surface area contributed by atoms with Gasteiger partial charge in [0.05, 0.1) is 1.37 Å². The number of fused-ring (bicyclic) bond motifs is 1. The largest absolute Gasteiger partial charge is 0.361 e. The molecule has 0 unspecified atom stereocenters. The fraction of sp³-hybridized carbons (Fsp3) is 0. The first-order valence-electron chi connectivity index (χ1n) is 3.40. The lowest BCUT2D eigenvalue weighted by Gasteiger charge is -1.83. The zero-order valence-corrected chi connectivity index (χ0v) is 4.89. The molecule has 2 rings (SSSR count). The Balaban J connectivity index is 2.86. The first-order chi connectivity index (χ1) is 4.86. The van der Waals surface area contributed by atoms with E-state index >= 15 is 0 Å². The molecule has 0 bridgehead atoms. The Hall–Kier alpha value is -1.24. The Bertz CT molecular complexity index is 351. The molecule has 1 aromatic carbocycles. The second-order valence-corrected chi connectivity index (χ2v) is 1.99. The van der Waals surface area contributed by atoms with Crippen molar-refractivity contribution in [2.75, 3.05) is 0 Å². The maximum atomic E-state index is 7.30. The van der Waals surface area contributed by atoms with Crippen molar-refractivity contribution in [3.8, 4) is 0 Å². The van der Waals surface area contributed by atoms with Gasteiger partial charge in [0, 0.05) is 11.7 Å². The van der Waals surface area contributed by atoms with E-state index in [0.29, 0.717) is 6.04 Å². The maximum Gasteiger partial charge on any atom is 0.0623 e. The number of H-pyrrole nitrogens is 1. The minimum Gasteiger partial charge on any atom is -0.361 e. The van der Waals surface area contributed by atoms with Crippen molar-refractivity contribution in [3.63, 3.8) is 0 Å². The molecule has 9 heavy (non-hydrogen) atoms. The highest BCUT2D eigenvalue weighted by Crippen LogP contribution is 2.09. The van der Waals surface area contributed by atoms with Crippen LogP contribution in [0.3, 0.4) is 0 Å². The summed E-state index contributed by atoms with van der Waals surface area (Å²) in [6, 6.07) is 8.09. The molecule has 0 spiro atoms. The molecule has 0 atom stereocenters. The van der Waals surface area contributed by atoms with Gasteiger partial charge in [0.2, 0.25) is 0 Å². The van der Waals surface area contributed by atoms with E-state index in [1.807, 2.05) is 24.4 Å². The first kappa shape index (κ1) is 3.72. The summed E-state index contributed by atoms with van der Waals surface area (Å²) in [7, 11) is 0. The molecule has 0 saturated heterocycles. The molecule has 1 heteroatoms. The highest BCUT2D eigenvalue weighted by Gasteiger charge is 1.86. The molecular weight excluding hydrogens is 110 g/mol. The van der Waals surface area contributed by atoms with Crippen molar-refractivity contribution < 1.29 is 1.37 Å². The fourth-order valence-corrected chi connectivity index (χ4v) is 0.934. The average molecular weight is 118 g/mol. The van der Waals surface area contributed by atoms with Gasteiger partial charge in [-0.05, 0) is 17.5 Å². The minimum atomic E-state index is 0.551. The van der Waals surface area contributed by atoms with Gasteiger partial charge in [-0.15, -0.1) is 0 Å². The average Bonchev–Trinajstić information content (AvgIpc) is 2.33. The molecule has 1 N–H and O–H groups in total. The lowest BCUT2D eigenvalue weighted by atomic mass is 10.3. The normalized spacial score (nSPS) is 11.8. The Morgan fingerprint density at radius 1 is 1.33 bits per heavy atom. The topological polar surface area (TPSA) is 15.8 Å². The molecule has 0 aliphatic rings. The van der Waals surface area contributed by atoms with Gasteiger partial charge in [0.1, 0.15) is 0 Å². The summed E-state index contributed by atoms with van der Waals surface area (Å²) in [5, 5.41) is 1.16. The van der Waals surface area contributed by atoms with Gasteiger partial charge < -0.3 is 4.98 Å². The number of hydrogen-bond donors (Lipinski definition) is 1. The van der Waals surface area contributed by atoms with E-state index in [9.17, 15) is 0 Å². The van der Waals surface area contributed by atoms with Crippen LogP contribution in [-0.2, 0) is 0 Å². The molecule has 1 nitrogen and oxygen atoms in total. The lowest BCUT2D eigenvalue weighted by Crippen LogP contribution is -1.61. The van der Waals surface area contributed by atoms with Crippen LogP contribution < -0.4 is 0 Å². The second kappa shape index (κ2) is 1.62. The molecule has 0 fully saturated rings. The summed E-state index contributed by atoms with van der Waals surface area (Å²) in [4.78, 5) is 3.04. The van der Waals surface area contributed by atoms with Crippen molar-refractivity contribution >= 4 is 10.9 Å². The predicted octanol–water partition coefficient (Wildman–Crippen LogP) is 2.17. The molecule has 2 aromatic rings. The van der Waals surface area contributed by atoms with Crippen LogP contribution >= 0.6 is 0 Å². The van der Waals surface area contributed by atoms with Crippen LogP contribution in [0.5, 0.6) is 0 Å². The van der Waals surface area contributed by atoms with E-state index in [4.69, 9.17) is 1.37 Å². The van der Waals surface area contributed by atoms with E-state index in [1.54, 1.807) is 6.07 Å². The molecule has 0 aliphatic carbocycles. The first-order valence-corrected chi connectivity index (χ1v) is 2.90. The number of aromatic nitrogens is 1. The van der Waals surface area contributed by atoms with Gasteiger partial charge in [0.25, 0.3) is 0 Å². The summed E-state index contributed by atoms with van der Waals surface area (Å²) in [5.41, 5.74) is 1.03. The van der Waals surface area contributed by atoms with Crippen LogP contribution in [0.15, 0.2) is 36.5 Å². The van der Waals surface area contributed by atoms with Crippen molar-refractivity contribution in [1.29, 1.82) is 0 Å². The summed E-state index contributed by atoms with van der Waals surface area (Å²) in [6.45, 7) is 0. The van der Waals surface area contributed by atoms with Gasteiger partial charge in [-0.2, -0.15) is 0 Å². The third-order valence-electron chi connectivity index (χ3n) is 1.40. The van der Waals surface area contributed by atoms with E-state index in [0.717, 1.165) is 10.9 Å². The zero-order chi connectivity index (χ0) is 6.97. The predicted molar refractivity (Wildman–Crippen MR) is 38.3 cm³/mol. The lowest BCUT2D eigenvalue weighted by molar-refractivity contribution is 1.48. The van der Waals surface area contributed by atoms with Crippen molar-refractivity contribution in [3.05, 3.63) is 36.5 Å². The van der Waals surface area contributed by atoms with Crippen LogP contribution in [0.25, 0.3) is 10.9 Å². The zero-order valence-electron chi connectivity index (χ0n) is 5.89. The SMILES string of the molecule is [2H]c1ccc2cc[nH]c2c1. The fourth-order valence-electron chi connectivity index (χ4n) is 0.934. The third-order valence-corrected chi connectivity index (χ3v) is 1.40. The van der Waals surface area contributed by atoms with E-state index in [1.165, 1.54) is 0 Å². The monoisotopic (exact) mass is 118 g/mol. The molecule has 0 aliphatic heterocycles. The smallest absolute Gasteiger partial charge is 0.0623 e. The van der Waals surface area contributed by atoms with Crippen molar-refractivity contribution in [2.24, 2.45) is 0 Å². The van der Waals surface area contributed by atoms with Gasteiger partial charge >= 0.3 is 0 Å². The highest BCUT2D eigenvalue weighted by molar-refractivity contribution is 5.78. The van der Waals surface area contributed by atoms with Gasteiger partial charge in [0.15, 0.2) is 0 Å². The number of hydrogen-bond acceptors (Lipinski definition) is 0. The summed E-state index contributed by atoms with van der Waals surface area (Å²) in [5.74, 6) is 0. The molecule has 1 aromatic heterocycles. The molecule has 1 heterocycles. The Kier molecular flexibility index (Phi) is 0.671. The number of nitrogens with one attached hydrogen (secondary N) is 1. The number of benzene rings is 1. The second-order valence-electron chi connectivity index (χ2n) is 1.99. The van der Waals surface area contributed by atoms with Crippen molar-refractivity contribution in [2.45, 2.75) is 0 Å². The Morgan fingerprint density at radius 3 is 3.33 bits per heavy atom. The van der Waals surface area contributed by atoms with E-state index in [-0.39, 0.29) is 0 Å². The van der Waals surface area contributed by atoms with Crippen LogP contribution in [0, 0.1) is 0 Å². The molecule has 0 saturated carbocycles. The van der Waals surface area contributed by atoms with Gasteiger partial charge in [-0.3, -0.25) is 0 Å². The Labute approximate surface area is 54.7 Å². The number of para-hydroxylation sites is 1. The molecular formula is C8H7N. The van der Waals surface area contributed by atoms with Crippen LogP contribution in [-0.4, -0.2) is 4.98 Å². The van der Waals surface area contributed by atoms with Crippen LogP contribution in [0.4, 0.5) is 0 Å². The minimum absolute atomic E-state index is 0.551. The van der Waals surface area contributed by atoms with Crippen LogP contribution in [0.2, 0.25) is 0 Å². The Morgan fingerprint density at radius 2 is 2.33 bits per heavy atom. The quantitative estimate of drug-likeness (QED) is 0.545. The molecule has 0 radical (unpaired) electrons. The number of rotatable bonds is 0. The molecule has 0 amide bonds. The standard InChI is InChI=1S/C8H7N/c1-2-4-8-7(3-1)5-6-9-8/h1-6,9H/i2D. The van der Waals surface area contributed by atoms with Gasteiger partial charge in [-0.1, -0.05) is 18.2 Å². The summed E-state index contributed by atoms with van der Waals surface area (Å²) < 4.78 is 7.30. The summed E-state index contributed by atoms with van der Waals surface area (Å²) in [6.07, 6.45) is 1.88. The molecule has 44 valence electrons. The van der Waals surface area contributed by atoms with E-state index in [2.05, 4.69) is 4.98 Å². The van der Waals surface area contributed by atoms with Gasteiger partial charge in [-0.25, -0.2) is 0 Å². The maximum absolute atomic E-state index is 7.30.